The molecule has 0 spiro atoms. The van der Waals surface area contributed by atoms with Crippen LogP contribution >= 0.6 is 0 Å². The molecule has 0 amide bonds. The average molecular weight is 434 g/mol. The standard InChI is InChI=1S/C29H57N2/c1-3-5-7-9-10-11-12-13-15-18-23-28(22-17-14-8-6-4-2)31-26-20-16-19-24-29(31)30-25-21-27-31/h28H,3-27H2,1-2H3/q+1. The summed E-state index contributed by atoms with van der Waals surface area (Å²) in [5, 5.41) is 0. The van der Waals surface area contributed by atoms with E-state index in [-0.39, 0.29) is 0 Å². The number of fused-ring (bicyclic) bond motifs is 1. The van der Waals surface area contributed by atoms with Crippen LogP contribution in [-0.2, 0) is 0 Å². The first-order valence-corrected chi connectivity index (χ1v) is 14.7. The first kappa shape index (κ1) is 26.9. The molecule has 0 bridgehead atoms. The number of rotatable bonds is 18. The van der Waals surface area contributed by atoms with Gasteiger partial charge in [-0.15, -0.1) is 0 Å². The second-order valence-electron chi connectivity index (χ2n) is 10.8. The van der Waals surface area contributed by atoms with Crippen LogP contribution in [0.4, 0.5) is 0 Å². The van der Waals surface area contributed by atoms with Gasteiger partial charge in [-0.05, 0) is 44.9 Å². The van der Waals surface area contributed by atoms with E-state index in [1.807, 2.05) is 0 Å². The first-order chi connectivity index (χ1) is 15.3. The zero-order valence-electron chi connectivity index (χ0n) is 21.6. The predicted octanol–water partition coefficient (Wildman–Crippen LogP) is 9.22. The Morgan fingerprint density at radius 2 is 1.13 bits per heavy atom. The molecule has 0 aromatic rings. The van der Waals surface area contributed by atoms with Gasteiger partial charge >= 0.3 is 0 Å². The lowest BCUT2D eigenvalue weighted by molar-refractivity contribution is -0.871. The van der Waals surface area contributed by atoms with Gasteiger partial charge in [-0.25, -0.2) is 4.99 Å². The zero-order chi connectivity index (χ0) is 22.0. The Morgan fingerprint density at radius 3 is 1.71 bits per heavy atom. The van der Waals surface area contributed by atoms with E-state index in [4.69, 9.17) is 4.99 Å². The fourth-order valence-electron chi connectivity index (χ4n) is 6.29. The van der Waals surface area contributed by atoms with Crippen molar-refractivity contribution in [3.8, 4) is 0 Å². The van der Waals surface area contributed by atoms with Gasteiger partial charge in [0.2, 0.25) is 0 Å². The third-order valence-corrected chi connectivity index (χ3v) is 8.21. The highest BCUT2D eigenvalue weighted by Crippen LogP contribution is 2.33. The molecular formula is C29H57N2+. The van der Waals surface area contributed by atoms with Crippen molar-refractivity contribution in [2.45, 2.75) is 161 Å². The Bertz CT molecular complexity index is 458. The molecule has 2 unspecified atom stereocenters. The van der Waals surface area contributed by atoms with Crippen molar-refractivity contribution >= 4 is 5.84 Å². The summed E-state index contributed by atoms with van der Waals surface area (Å²) in [6.45, 7) is 8.55. The molecule has 31 heavy (non-hydrogen) atoms. The fourth-order valence-corrected chi connectivity index (χ4v) is 6.29. The molecule has 2 nitrogen and oxygen atoms in total. The molecule has 1 saturated heterocycles. The first-order valence-electron chi connectivity index (χ1n) is 14.7. The minimum Gasteiger partial charge on any atom is -0.276 e. The van der Waals surface area contributed by atoms with Gasteiger partial charge in [0.25, 0.3) is 0 Å². The monoisotopic (exact) mass is 433 g/mol. The molecule has 0 aliphatic carbocycles. The van der Waals surface area contributed by atoms with Gasteiger partial charge in [-0.2, -0.15) is 0 Å². The lowest BCUT2D eigenvalue weighted by atomic mass is 9.94. The van der Waals surface area contributed by atoms with Crippen molar-refractivity contribution in [3.63, 3.8) is 0 Å². The molecule has 2 heterocycles. The molecule has 1 fully saturated rings. The minimum atomic E-state index is 0.868. The Kier molecular flexibility index (Phi) is 14.9. The van der Waals surface area contributed by atoms with Gasteiger partial charge in [0, 0.05) is 19.4 Å². The molecule has 0 N–H and O–H groups in total. The quantitative estimate of drug-likeness (QED) is 0.151. The van der Waals surface area contributed by atoms with Gasteiger partial charge in [0.1, 0.15) is 0 Å². The summed E-state index contributed by atoms with van der Waals surface area (Å²) in [5.41, 5.74) is 0. The molecule has 0 aromatic heterocycles. The normalized spacial score (nSPS) is 22.6. The van der Waals surface area contributed by atoms with Crippen LogP contribution in [0.3, 0.4) is 0 Å². The SMILES string of the molecule is CCCCCCCCCCCCC(CCCCCCC)[N+]12CCCCCC1=NCCC2. The number of hydrogen-bond acceptors (Lipinski definition) is 1. The van der Waals surface area contributed by atoms with Gasteiger partial charge in [-0.1, -0.05) is 97.3 Å². The molecule has 182 valence electrons. The van der Waals surface area contributed by atoms with Crippen molar-refractivity contribution in [2.75, 3.05) is 19.6 Å². The average Bonchev–Trinajstić information content (AvgIpc) is 3.02. The number of nitrogens with zero attached hydrogens (tertiary/aromatic N) is 2. The highest BCUT2D eigenvalue weighted by molar-refractivity contribution is 5.76. The summed E-state index contributed by atoms with van der Waals surface area (Å²) in [7, 11) is 0. The van der Waals surface area contributed by atoms with Crippen LogP contribution in [0, 0.1) is 0 Å². The maximum absolute atomic E-state index is 5.15. The largest absolute Gasteiger partial charge is 0.276 e. The van der Waals surface area contributed by atoms with Crippen molar-refractivity contribution in [1.29, 1.82) is 0 Å². The van der Waals surface area contributed by atoms with E-state index >= 15 is 0 Å². The lowest BCUT2D eigenvalue weighted by Crippen LogP contribution is -2.61. The molecule has 0 aromatic carbocycles. The number of quaternary nitrogens is 1. The number of hydrogen-bond donors (Lipinski definition) is 0. The predicted molar refractivity (Wildman–Crippen MR) is 139 cm³/mol. The molecule has 0 saturated carbocycles. The van der Waals surface area contributed by atoms with Crippen LogP contribution in [0.15, 0.2) is 4.99 Å². The molecule has 2 aliphatic heterocycles. The zero-order valence-corrected chi connectivity index (χ0v) is 21.6. The molecular weight excluding hydrogens is 376 g/mol. The van der Waals surface area contributed by atoms with Crippen molar-refractivity contribution in [3.05, 3.63) is 0 Å². The van der Waals surface area contributed by atoms with Crippen LogP contribution in [0.2, 0.25) is 0 Å². The van der Waals surface area contributed by atoms with Gasteiger partial charge in [0.05, 0.1) is 19.1 Å². The van der Waals surface area contributed by atoms with Crippen LogP contribution < -0.4 is 0 Å². The lowest BCUT2D eigenvalue weighted by Gasteiger charge is -2.46. The Balaban J connectivity index is 1.79. The summed E-state index contributed by atoms with van der Waals surface area (Å²) in [4.78, 5) is 5.15. The summed E-state index contributed by atoms with van der Waals surface area (Å²) in [6, 6.07) is 0.868. The number of unbranched alkanes of at least 4 members (excludes halogenated alkanes) is 13. The molecule has 2 heteroatoms. The molecule has 2 aliphatic rings. The van der Waals surface area contributed by atoms with Crippen LogP contribution in [0.1, 0.15) is 155 Å². The van der Waals surface area contributed by atoms with Crippen LogP contribution in [0.25, 0.3) is 0 Å². The third-order valence-electron chi connectivity index (χ3n) is 8.21. The van der Waals surface area contributed by atoms with E-state index in [2.05, 4.69) is 13.8 Å². The Labute approximate surface area is 196 Å². The Hall–Kier alpha value is -0.370. The smallest absolute Gasteiger partial charge is 0.198 e. The third kappa shape index (κ3) is 9.97. The Morgan fingerprint density at radius 1 is 0.613 bits per heavy atom. The van der Waals surface area contributed by atoms with E-state index in [1.54, 1.807) is 5.84 Å². The highest BCUT2D eigenvalue weighted by atomic mass is 15.4. The summed E-state index contributed by atoms with van der Waals surface area (Å²) >= 11 is 0. The van der Waals surface area contributed by atoms with Gasteiger partial charge < -0.3 is 0 Å². The molecule has 0 radical (unpaired) electrons. The summed E-state index contributed by atoms with van der Waals surface area (Å²) < 4.78 is 1.32. The second-order valence-corrected chi connectivity index (χ2v) is 10.8. The maximum atomic E-state index is 5.15. The summed E-state index contributed by atoms with van der Waals surface area (Å²) in [5.74, 6) is 1.62. The summed E-state index contributed by atoms with van der Waals surface area (Å²) in [6.07, 6.45) is 31.5. The van der Waals surface area contributed by atoms with Crippen LogP contribution in [-0.4, -0.2) is 36.0 Å². The number of aliphatic imine (C=N–C) groups is 1. The topological polar surface area (TPSA) is 12.4 Å². The van der Waals surface area contributed by atoms with Crippen LogP contribution in [0.5, 0.6) is 0 Å². The number of amidine groups is 1. The van der Waals surface area contributed by atoms with Crippen molar-refractivity contribution in [1.82, 2.24) is 0 Å². The van der Waals surface area contributed by atoms with E-state index in [1.165, 1.54) is 159 Å². The van der Waals surface area contributed by atoms with E-state index in [9.17, 15) is 0 Å². The fraction of sp³-hybridized carbons (Fsp3) is 0.966. The molecule has 2 atom stereocenters. The van der Waals surface area contributed by atoms with E-state index < -0.39 is 0 Å². The molecule has 2 rings (SSSR count). The van der Waals surface area contributed by atoms with Crippen molar-refractivity contribution in [2.24, 2.45) is 4.99 Å². The van der Waals surface area contributed by atoms with E-state index in [0.717, 1.165) is 12.6 Å². The minimum absolute atomic E-state index is 0.868. The highest BCUT2D eigenvalue weighted by Gasteiger charge is 2.43. The maximum Gasteiger partial charge on any atom is 0.198 e. The van der Waals surface area contributed by atoms with E-state index in [0.29, 0.717) is 0 Å². The van der Waals surface area contributed by atoms with Gasteiger partial charge in [-0.3, -0.25) is 4.48 Å². The van der Waals surface area contributed by atoms with Crippen molar-refractivity contribution < 1.29 is 4.48 Å². The van der Waals surface area contributed by atoms with Gasteiger partial charge in [0.15, 0.2) is 5.84 Å². The second kappa shape index (κ2) is 17.2.